The number of aryl methyl sites for hydroxylation is 1. The number of carbonyl (C=O) groups excluding carboxylic acids is 1. The highest BCUT2D eigenvalue weighted by molar-refractivity contribution is 7.92. The molecule has 11 heteroatoms. The van der Waals surface area contributed by atoms with Crippen molar-refractivity contribution in [3.8, 4) is 11.1 Å². The van der Waals surface area contributed by atoms with Crippen LogP contribution in [0.5, 0.6) is 0 Å². The molecular weight excluding hydrogens is 484 g/mol. The minimum atomic E-state index is -3.87. The summed E-state index contributed by atoms with van der Waals surface area (Å²) in [6.07, 6.45) is 2.06. The number of hydrogen-bond donors (Lipinski definition) is 2. The predicted molar refractivity (Wildman–Crippen MR) is 135 cm³/mol. The van der Waals surface area contributed by atoms with Crippen molar-refractivity contribution >= 4 is 26.6 Å². The molecule has 3 aromatic rings. The third kappa shape index (κ3) is 5.34. The molecule has 1 atom stereocenters. The molecule has 36 heavy (non-hydrogen) atoms. The fraction of sp³-hybridized carbons (Fsp3) is 0.400. The summed E-state index contributed by atoms with van der Waals surface area (Å²) in [4.78, 5) is 31.8. The highest BCUT2D eigenvalue weighted by atomic mass is 32.2. The van der Waals surface area contributed by atoms with Crippen LogP contribution in [0.3, 0.4) is 0 Å². The number of nitrogens with one attached hydrogen (secondary N) is 1. The van der Waals surface area contributed by atoms with Gasteiger partial charge in [0.15, 0.2) is 14.6 Å². The SMILES string of the molecule is C[C@](CCn1cnc2cc(-c3ccc(CN4CCOCC4)cc3)ccc2c1=O)(C(=O)NO)S(C)(=O)=O. The molecule has 0 spiro atoms. The van der Waals surface area contributed by atoms with Crippen molar-refractivity contribution < 1.29 is 23.2 Å². The number of hydrogen-bond acceptors (Lipinski definition) is 8. The standard InChI is InChI=1S/C25H30N4O6S/c1-25(24(31)27-32,36(2,33)34)9-10-29-17-26-22-15-20(7-8-21(22)23(29)30)19-5-3-18(4-6-19)16-28-11-13-35-14-12-28/h3-8,15,17,32H,9-14,16H2,1-2H3,(H,27,31)/t25-/m0/s1. The van der Waals surface area contributed by atoms with Crippen molar-refractivity contribution in [2.24, 2.45) is 0 Å². The van der Waals surface area contributed by atoms with Gasteiger partial charge in [-0.25, -0.2) is 18.9 Å². The van der Waals surface area contributed by atoms with E-state index in [9.17, 15) is 18.0 Å². The lowest BCUT2D eigenvalue weighted by Gasteiger charge is -2.26. The van der Waals surface area contributed by atoms with Gasteiger partial charge >= 0.3 is 0 Å². The van der Waals surface area contributed by atoms with Crippen LogP contribution in [0.15, 0.2) is 53.6 Å². The molecule has 0 saturated carbocycles. The van der Waals surface area contributed by atoms with Crippen molar-refractivity contribution in [3.63, 3.8) is 0 Å². The Morgan fingerprint density at radius 3 is 2.44 bits per heavy atom. The first-order valence-electron chi connectivity index (χ1n) is 11.6. The highest BCUT2D eigenvalue weighted by Gasteiger charge is 2.43. The van der Waals surface area contributed by atoms with Gasteiger partial charge in [-0.05, 0) is 42.2 Å². The van der Waals surface area contributed by atoms with E-state index < -0.39 is 20.5 Å². The molecule has 192 valence electrons. The molecule has 1 fully saturated rings. The molecule has 10 nitrogen and oxygen atoms in total. The maximum Gasteiger partial charge on any atom is 0.264 e. The third-order valence-electron chi connectivity index (χ3n) is 6.85. The average Bonchev–Trinajstić information content (AvgIpc) is 2.88. The molecule has 2 N–H and O–H groups in total. The quantitative estimate of drug-likeness (QED) is 0.342. The Kier molecular flexibility index (Phi) is 7.55. The van der Waals surface area contributed by atoms with Gasteiger partial charge < -0.3 is 4.74 Å². The molecule has 4 rings (SSSR count). The Balaban J connectivity index is 1.53. The van der Waals surface area contributed by atoms with Crippen LogP contribution in [0.2, 0.25) is 0 Å². The first-order chi connectivity index (χ1) is 17.1. The summed E-state index contributed by atoms with van der Waals surface area (Å²) in [6, 6.07) is 13.7. The van der Waals surface area contributed by atoms with Gasteiger partial charge in [0.25, 0.3) is 11.5 Å². The molecule has 0 radical (unpaired) electrons. The Bertz CT molecular complexity index is 1410. The van der Waals surface area contributed by atoms with Gasteiger partial charge in [-0.15, -0.1) is 0 Å². The van der Waals surface area contributed by atoms with Gasteiger partial charge in [0.2, 0.25) is 0 Å². The zero-order chi connectivity index (χ0) is 25.9. The van der Waals surface area contributed by atoms with E-state index in [1.165, 1.54) is 28.9 Å². The maximum absolute atomic E-state index is 13.0. The van der Waals surface area contributed by atoms with Crippen molar-refractivity contribution in [1.29, 1.82) is 0 Å². The van der Waals surface area contributed by atoms with E-state index in [-0.39, 0.29) is 18.5 Å². The number of fused-ring (bicyclic) bond motifs is 1. The van der Waals surface area contributed by atoms with Crippen LogP contribution in [0.4, 0.5) is 0 Å². The van der Waals surface area contributed by atoms with Crippen LogP contribution in [0, 0.1) is 0 Å². The lowest BCUT2D eigenvalue weighted by atomic mass is 10.0. The third-order valence-corrected chi connectivity index (χ3v) is 8.88. The Morgan fingerprint density at radius 2 is 1.81 bits per heavy atom. The van der Waals surface area contributed by atoms with Crippen molar-refractivity contribution in [1.82, 2.24) is 19.9 Å². The van der Waals surface area contributed by atoms with Crippen molar-refractivity contribution in [2.45, 2.75) is 31.2 Å². The molecule has 2 aromatic carbocycles. The fourth-order valence-electron chi connectivity index (χ4n) is 4.24. The second-order valence-electron chi connectivity index (χ2n) is 9.25. The summed E-state index contributed by atoms with van der Waals surface area (Å²) in [7, 11) is -3.87. The molecule has 1 aromatic heterocycles. The molecule has 2 heterocycles. The second-order valence-corrected chi connectivity index (χ2v) is 11.7. The van der Waals surface area contributed by atoms with E-state index in [1.54, 1.807) is 6.07 Å². The second kappa shape index (κ2) is 10.5. The number of benzene rings is 2. The first kappa shape index (κ1) is 26.0. The molecule has 0 aliphatic carbocycles. The van der Waals surface area contributed by atoms with E-state index in [2.05, 4.69) is 34.1 Å². The Hall–Kier alpha value is -3.12. The van der Waals surface area contributed by atoms with Gasteiger partial charge in [0.1, 0.15) is 0 Å². The summed E-state index contributed by atoms with van der Waals surface area (Å²) >= 11 is 0. The fourth-order valence-corrected chi connectivity index (χ4v) is 5.08. The van der Waals surface area contributed by atoms with Crippen LogP contribution < -0.4 is 11.0 Å². The molecule has 1 saturated heterocycles. The predicted octanol–water partition coefficient (Wildman–Crippen LogP) is 1.59. The molecule has 0 bridgehead atoms. The van der Waals surface area contributed by atoms with Crippen molar-refractivity contribution in [3.05, 3.63) is 64.7 Å². The molecular formula is C25H30N4O6S. The molecule has 1 aliphatic rings. The normalized spacial score (nSPS) is 16.5. The van der Waals surface area contributed by atoms with Crippen LogP contribution in [-0.4, -0.2) is 71.3 Å². The van der Waals surface area contributed by atoms with E-state index in [0.717, 1.165) is 50.2 Å². The molecule has 1 amide bonds. The largest absolute Gasteiger partial charge is 0.379 e. The van der Waals surface area contributed by atoms with E-state index in [1.807, 2.05) is 12.1 Å². The minimum absolute atomic E-state index is 0.0644. The van der Waals surface area contributed by atoms with Gasteiger partial charge in [-0.3, -0.25) is 24.3 Å². The van der Waals surface area contributed by atoms with Crippen LogP contribution >= 0.6 is 0 Å². The van der Waals surface area contributed by atoms with Crippen LogP contribution in [0.25, 0.3) is 22.0 Å². The van der Waals surface area contributed by atoms with Gasteiger partial charge in [0.05, 0.1) is 30.4 Å². The topological polar surface area (TPSA) is 131 Å². The number of hydroxylamine groups is 1. The van der Waals surface area contributed by atoms with Gasteiger partial charge in [-0.2, -0.15) is 0 Å². The van der Waals surface area contributed by atoms with Gasteiger partial charge in [-0.1, -0.05) is 30.3 Å². The van der Waals surface area contributed by atoms with Crippen molar-refractivity contribution in [2.75, 3.05) is 32.6 Å². The summed E-state index contributed by atoms with van der Waals surface area (Å²) in [5, 5.41) is 9.37. The summed E-state index contributed by atoms with van der Waals surface area (Å²) < 4.78 is 29.1. The van der Waals surface area contributed by atoms with E-state index in [4.69, 9.17) is 9.94 Å². The number of amides is 1. The summed E-state index contributed by atoms with van der Waals surface area (Å²) in [6.45, 7) is 5.41. The lowest BCUT2D eigenvalue weighted by molar-refractivity contribution is -0.131. The summed E-state index contributed by atoms with van der Waals surface area (Å²) in [5.41, 5.74) is 4.74. The minimum Gasteiger partial charge on any atom is -0.379 e. The van der Waals surface area contributed by atoms with Gasteiger partial charge in [0, 0.05) is 32.4 Å². The lowest BCUT2D eigenvalue weighted by Crippen LogP contribution is -2.50. The van der Waals surface area contributed by atoms with Crippen LogP contribution in [0.1, 0.15) is 18.9 Å². The maximum atomic E-state index is 13.0. The zero-order valence-electron chi connectivity index (χ0n) is 20.3. The monoisotopic (exact) mass is 514 g/mol. The number of carbonyl (C=O) groups is 1. The number of sulfone groups is 1. The average molecular weight is 515 g/mol. The molecule has 0 unspecified atom stereocenters. The number of ether oxygens (including phenoxy) is 1. The Morgan fingerprint density at radius 1 is 1.14 bits per heavy atom. The number of aromatic nitrogens is 2. The number of rotatable bonds is 8. The summed E-state index contributed by atoms with van der Waals surface area (Å²) in [5.74, 6) is -1.05. The highest BCUT2D eigenvalue weighted by Crippen LogP contribution is 2.24. The van der Waals surface area contributed by atoms with E-state index >= 15 is 0 Å². The Labute approximate surface area is 209 Å². The zero-order valence-corrected chi connectivity index (χ0v) is 21.1. The smallest absolute Gasteiger partial charge is 0.264 e. The number of nitrogens with zero attached hydrogens (tertiary/aromatic N) is 3. The van der Waals surface area contributed by atoms with Crippen LogP contribution in [-0.2, 0) is 32.5 Å². The van der Waals surface area contributed by atoms with E-state index in [0.29, 0.717) is 10.9 Å². The number of morpholine rings is 1. The first-order valence-corrected chi connectivity index (χ1v) is 13.5. The molecule has 1 aliphatic heterocycles.